The average Bonchev–Trinajstić information content (AvgIpc) is 3.09. The zero-order valence-electron chi connectivity index (χ0n) is 11.5. The average molecular weight is 286 g/mol. The highest BCUT2D eigenvalue weighted by atomic mass is 32.1. The molecular weight excluding hydrogens is 268 g/mol. The number of urea groups is 1. The van der Waals surface area contributed by atoms with Gasteiger partial charge >= 0.3 is 6.03 Å². The van der Waals surface area contributed by atoms with E-state index < -0.39 is 0 Å². The molecule has 0 radical (unpaired) electrons. The number of carbonyl (C=O) groups excluding carboxylic acids is 1. The molecular formula is C16H18N2OS. The van der Waals surface area contributed by atoms with Crippen molar-refractivity contribution in [3.8, 4) is 0 Å². The number of fused-ring (bicyclic) bond motifs is 1. The minimum absolute atomic E-state index is 0.0000954. The van der Waals surface area contributed by atoms with Crippen LogP contribution in [-0.2, 0) is 13.0 Å². The topological polar surface area (TPSA) is 32.3 Å². The molecule has 1 aromatic carbocycles. The zero-order valence-corrected chi connectivity index (χ0v) is 12.3. The maximum atomic E-state index is 12.3. The van der Waals surface area contributed by atoms with Crippen molar-refractivity contribution < 1.29 is 4.79 Å². The van der Waals surface area contributed by atoms with Crippen LogP contribution < -0.4 is 5.32 Å². The number of hydrogen-bond acceptors (Lipinski definition) is 2. The Bertz CT molecular complexity index is 594. The van der Waals surface area contributed by atoms with Crippen LogP contribution in [0.25, 0.3) is 0 Å². The minimum atomic E-state index is 0.0000954. The van der Waals surface area contributed by atoms with Gasteiger partial charge in [-0.2, -0.15) is 0 Å². The van der Waals surface area contributed by atoms with E-state index in [9.17, 15) is 4.79 Å². The Kier molecular flexibility index (Phi) is 3.74. The molecule has 0 fully saturated rings. The molecule has 0 unspecified atom stereocenters. The molecule has 1 aliphatic rings. The SMILES string of the molecule is CN(Cc1cccs1)C(=O)N[C@@H]1CCc2ccccc21. The molecule has 0 bridgehead atoms. The molecule has 104 valence electrons. The number of nitrogens with zero attached hydrogens (tertiary/aromatic N) is 1. The van der Waals surface area contributed by atoms with Crippen LogP contribution in [0.3, 0.4) is 0 Å². The van der Waals surface area contributed by atoms with Crippen molar-refractivity contribution in [1.29, 1.82) is 0 Å². The van der Waals surface area contributed by atoms with E-state index in [1.165, 1.54) is 16.0 Å². The molecule has 4 heteroatoms. The Morgan fingerprint density at radius 2 is 2.20 bits per heavy atom. The molecule has 0 spiro atoms. The summed E-state index contributed by atoms with van der Waals surface area (Å²) in [5, 5.41) is 5.17. The van der Waals surface area contributed by atoms with E-state index in [0.29, 0.717) is 6.54 Å². The second kappa shape index (κ2) is 5.67. The third-order valence-corrected chi connectivity index (χ3v) is 4.61. The molecule has 1 N–H and O–H groups in total. The quantitative estimate of drug-likeness (QED) is 0.919. The zero-order chi connectivity index (χ0) is 13.9. The summed E-state index contributed by atoms with van der Waals surface area (Å²) in [4.78, 5) is 15.2. The minimum Gasteiger partial charge on any atom is -0.331 e. The summed E-state index contributed by atoms with van der Waals surface area (Å²) in [6, 6.07) is 12.6. The molecule has 1 atom stereocenters. The van der Waals surface area contributed by atoms with Crippen LogP contribution in [0.2, 0.25) is 0 Å². The molecule has 1 aliphatic carbocycles. The summed E-state index contributed by atoms with van der Waals surface area (Å²) in [5.74, 6) is 0. The highest BCUT2D eigenvalue weighted by molar-refractivity contribution is 7.09. The van der Waals surface area contributed by atoms with E-state index in [1.54, 1.807) is 16.2 Å². The number of rotatable bonds is 3. The van der Waals surface area contributed by atoms with Gasteiger partial charge < -0.3 is 10.2 Å². The molecule has 0 saturated heterocycles. The monoisotopic (exact) mass is 286 g/mol. The third kappa shape index (κ3) is 2.70. The molecule has 1 heterocycles. The summed E-state index contributed by atoms with van der Waals surface area (Å²) < 4.78 is 0. The van der Waals surface area contributed by atoms with E-state index >= 15 is 0 Å². The predicted octanol–water partition coefficient (Wildman–Crippen LogP) is 3.58. The van der Waals surface area contributed by atoms with Gasteiger partial charge in [-0.3, -0.25) is 0 Å². The van der Waals surface area contributed by atoms with Crippen molar-refractivity contribution in [2.45, 2.75) is 25.4 Å². The third-order valence-electron chi connectivity index (χ3n) is 3.75. The molecule has 2 amide bonds. The Morgan fingerprint density at radius 1 is 1.35 bits per heavy atom. The largest absolute Gasteiger partial charge is 0.331 e. The van der Waals surface area contributed by atoms with Crippen LogP contribution in [0.4, 0.5) is 4.79 Å². The van der Waals surface area contributed by atoms with Gasteiger partial charge in [0.15, 0.2) is 0 Å². The number of hydrogen-bond donors (Lipinski definition) is 1. The first kappa shape index (κ1) is 13.2. The fraction of sp³-hybridized carbons (Fsp3) is 0.312. The molecule has 3 nitrogen and oxygen atoms in total. The van der Waals surface area contributed by atoms with E-state index in [0.717, 1.165) is 12.8 Å². The van der Waals surface area contributed by atoms with Crippen molar-refractivity contribution in [2.24, 2.45) is 0 Å². The standard InChI is InChI=1S/C16H18N2OS/c1-18(11-13-6-4-10-20-13)16(19)17-15-9-8-12-5-2-3-7-14(12)15/h2-7,10,15H,8-9,11H2,1H3,(H,17,19)/t15-/m1/s1. The molecule has 0 aliphatic heterocycles. The number of benzene rings is 1. The van der Waals surface area contributed by atoms with Crippen molar-refractivity contribution in [3.63, 3.8) is 0 Å². The van der Waals surface area contributed by atoms with Gasteiger partial charge in [0.25, 0.3) is 0 Å². The first-order chi connectivity index (χ1) is 9.74. The van der Waals surface area contributed by atoms with Gasteiger partial charge in [0.1, 0.15) is 0 Å². The Labute approximate surface area is 123 Å². The summed E-state index contributed by atoms with van der Waals surface area (Å²) in [7, 11) is 1.84. The number of carbonyl (C=O) groups is 1. The number of nitrogens with one attached hydrogen (secondary N) is 1. The smallest absolute Gasteiger partial charge is 0.317 e. The fourth-order valence-electron chi connectivity index (χ4n) is 2.67. The highest BCUT2D eigenvalue weighted by Gasteiger charge is 2.24. The second-order valence-electron chi connectivity index (χ2n) is 5.17. The van der Waals surface area contributed by atoms with Gasteiger partial charge in [-0.05, 0) is 35.4 Å². The van der Waals surface area contributed by atoms with E-state index in [-0.39, 0.29) is 12.1 Å². The summed E-state index contributed by atoms with van der Waals surface area (Å²) in [5.41, 5.74) is 2.63. The summed E-state index contributed by atoms with van der Waals surface area (Å²) in [6.07, 6.45) is 2.05. The fourth-order valence-corrected chi connectivity index (χ4v) is 3.43. The summed E-state index contributed by atoms with van der Waals surface area (Å²) >= 11 is 1.68. The van der Waals surface area contributed by atoms with Crippen molar-refractivity contribution >= 4 is 17.4 Å². The van der Waals surface area contributed by atoms with Crippen LogP contribution in [0, 0.1) is 0 Å². The van der Waals surface area contributed by atoms with Gasteiger partial charge in [0.05, 0.1) is 12.6 Å². The first-order valence-corrected chi connectivity index (χ1v) is 7.74. The number of amides is 2. The van der Waals surface area contributed by atoms with Gasteiger partial charge in [-0.15, -0.1) is 11.3 Å². The van der Waals surface area contributed by atoms with Crippen LogP contribution in [0.1, 0.15) is 28.5 Å². The van der Waals surface area contributed by atoms with Crippen LogP contribution >= 0.6 is 11.3 Å². The number of thiophene rings is 1. The lowest BCUT2D eigenvalue weighted by Crippen LogP contribution is -2.38. The van der Waals surface area contributed by atoms with Crippen LogP contribution in [0.5, 0.6) is 0 Å². The van der Waals surface area contributed by atoms with E-state index in [1.807, 2.05) is 24.6 Å². The maximum absolute atomic E-state index is 12.3. The maximum Gasteiger partial charge on any atom is 0.317 e. The van der Waals surface area contributed by atoms with Crippen LogP contribution in [-0.4, -0.2) is 18.0 Å². The highest BCUT2D eigenvalue weighted by Crippen LogP contribution is 2.30. The molecule has 1 aromatic heterocycles. The van der Waals surface area contributed by atoms with Crippen molar-refractivity contribution in [3.05, 3.63) is 57.8 Å². The second-order valence-corrected chi connectivity index (χ2v) is 6.21. The molecule has 2 aromatic rings. The summed E-state index contributed by atoms with van der Waals surface area (Å²) in [6.45, 7) is 0.665. The molecule has 20 heavy (non-hydrogen) atoms. The molecule has 3 rings (SSSR count). The van der Waals surface area contributed by atoms with E-state index in [2.05, 4.69) is 29.6 Å². The predicted molar refractivity (Wildman–Crippen MR) is 81.8 cm³/mol. The number of aryl methyl sites for hydroxylation is 1. The normalized spacial score (nSPS) is 16.8. The lowest BCUT2D eigenvalue weighted by molar-refractivity contribution is 0.203. The van der Waals surface area contributed by atoms with Crippen molar-refractivity contribution in [1.82, 2.24) is 10.2 Å². The van der Waals surface area contributed by atoms with Gasteiger partial charge in [0.2, 0.25) is 0 Å². The lowest BCUT2D eigenvalue weighted by atomic mass is 10.1. The van der Waals surface area contributed by atoms with Crippen LogP contribution in [0.15, 0.2) is 41.8 Å². The first-order valence-electron chi connectivity index (χ1n) is 6.86. The Balaban J connectivity index is 1.62. The van der Waals surface area contributed by atoms with Gasteiger partial charge in [-0.1, -0.05) is 30.3 Å². The lowest BCUT2D eigenvalue weighted by Gasteiger charge is -2.21. The Hall–Kier alpha value is -1.81. The van der Waals surface area contributed by atoms with Gasteiger partial charge in [0, 0.05) is 11.9 Å². The Morgan fingerprint density at radius 3 is 3.00 bits per heavy atom. The molecule has 0 saturated carbocycles. The van der Waals surface area contributed by atoms with Gasteiger partial charge in [-0.25, -0.2) is 4.79 Å². The van der Waals surface area contributed by atoms with E-state index in [4.69, 9.17) is 0 Å². The van der Waals surface area contributed by atoms with Crippen molar-refractivity contribution in [2.75, 3.05) is 7.05 Å².